The standard InChI is InChI=1S/C28H30N2O7/c1-30-14-12-27-22-17-7-8-18(31)24(22)37-25(27)19(9-11-28(27,34)20(30)15-17)35-26(33)23(36-21(32)10-13-29)16-5-3-2-4-6-16/h2-9,20,23,25,31,34H,10-15,29H2,1H3/t20-,23+,25+,27+,28-/m1/s1. The fourth-order valence-corrected chi connectivity index (χ4v) is 6.80. The molecule has 4 N–H and O–H groups in total. The number of carbonyl (C=O) groups excluding carboxylic acids is 2. The van der Waals surface area contributed by atoms with Crippen molar-refractivity contribution in [3.8, 4) is 11.5 Å². The van der Waals surface area contributed by atoms with Crippen LogP contribution in [0.3, 0.4) is 0 Å². The lowest BCUT2D eigenvalue weighted by molar-refractivity contribution is -0.176. The van der Waals surface area contributed by atoms with E-state index in [1.807, 2.05) is 13.1 Å². The molecule has 5 atom stereocenters. The number of hydrogen-bond acceptors (Lipinski definition) is 9. The lowest BCUT2D eigenvalue weighted by Crippen LogP contribution is -2.74. The smallest absolute Gasteiger partial charge is 0.357 e. The molecule has 0 saturated carbocycles. The maximum absolute atomic E-state index is 13.5. The van der Waals surface area contributed by atoms with Gasteiger partial charge in [-0.05, 0) is 44.1 Å². The van der Waals surface area contributed by atoms with Crippen molar-refractivity contribution in [1.82, 2.24) is 4.90 Å². The normalized spacial score (nSPS) is 30.0. The number of likely N-dealkylation sites (N-methyl/N-ethyl adjacent to an activating group) is 1. The molecule has 37 heavy (non-hydrogen) atoms. The van der Waals surface area contributed by atoms with Gasteiger partial charge in [-0.25, -0.2) is 4.79 Å². The van der Waals surface area contributed by atoms with Gasteiger partial charge in [0.25, 0.3) is 0 Å². The Bertz CT molecular complexity index is 1290. The van der Waals surface area contributed by atoms with Crippen molar-refractivity contribution in [2.75, 3.05) is 20.1 Å². The van der Waals surface area contributed by atoms with E-state index in [4.69, 9.17) is 19.9 Å². The highest BCUT2D eigenvalue weighted by atomic mass is 16.6. The number of phenols is 1. The average molecular weight is 507 g/mol. The summed E-state index contributed by atoms with van der Waals surface area (Å²) in [5.41, 5.74) is 5.73. The van der Waals surface area contributed by atoms with Crippen molar-refractivity contribution < 1.29 is 34.0 Å². The predicted octanol–water partition coefficient (Wildman–Crippen LogP) is 1.85. The van der Waals surface area contributed by atoms with Gasteiger partial charge in [0.05, 0.1) is 17.4 Å². The maximum Gasteiger partial charge on any atom is 0.357 e. The van der Waals surface area contributed by atoms with Crippen molar-refractivity contribution in [3.05, 3.63) is 71.0 Å². The molecule has 2 aliphatic carbocycles. The highest BCUT2D eigenvalue weighted by Gasteiger charge is 2.72. The molecule has 194 valence electrons. The molecule has 0 aromatic heterocycles. The lowest BCUT2D eigenvalue weighted by atomic mass is 9.50. The summed E-state index contributed by atoms with van der Waals surface area (Å²) in [4.78, 5) is 27.9. The zero-order valence-corrected chi connectivity index (χ0v) is 20.6. The van der Waals surface area contributed by atoms with E-state index < -0.39 is 35.2 Å². The van der Waals surface area contributed by atoms with E-state index >= 15 is 0 Å². The first kappa shape index (κ1) is 24.0. The summed E-state index contributed by atoms with van der Waals surface area (Å²) in [6.07, 6.45) is 1.00. The fraction of sp³-hybridized carbons (Fsp3) is 0.429. The van der Waals surface area contributed by atoms with Gasteiger partial charge in [0.1, 0.15) is 5.76 Å². The van der Waals surface area contributed by atoms with Gasteiger partial charge in [-0.15, -0.1) is 0 Å². The molecule has 1 saturated heterocycles. The molecule has 4 aliphatic rings. The molecular formula is C28H30N2O7. The molecule has 0 amide bonds. The van der Waals surface area contributed by atoms with Crippen LogP contribution in [0.1, 0.15) is 42.1 Å². The number of hydrogen-bond donors (Lipinski definition) is 3. The maximum atomic E-state index is 13.5. The van der Waals surface area contributed by atoms with Crippen LogP contribution in [-0.4, -0.2) is 64.9 Å². The SMILES string of the molecule is CN1CC[C@]23c4c5ccc(O)c4O[C@H]2C(OC(=O)[C@@H](OC(=O)CCN)c2ccccc2)=CC[C@@]3(O)[C@H]1C5. The van der Waals surface area contributed by atoms with Gasteiger partial charge in [-0.2, -0.15) is 0 Å². The number of carbonyl (C=O) groups is 2. The second-order valence-electron chi connectivity index (χ2n) is 10.3. The number of phenolic OH excluding ortho intramolecular Hbond substituents is 1. The molecule has 2 bridgehead atoms. The molecule has 1 fully saturated rings. The van der Waals surface area contributed by atoms with Crippen LogP contribution in [0.15, 0.2) is 54.3 Å². The Hall–Kier alpha value is -3.40. The average Bonchev–Trinajstić information content (AvgIpc) is 3.25. The van der Waals surface area contributed by atoms with Crippen molar-refractivity contribution in [2.24, 2.45) is 5.73 Å². The minimum atomic E-state index is -1.29. The monoisotopic (exact) mass is 506 g/mol. The minimum absolute atomic E-state index is 0.00851. The van der Waals surface area contributed by atoms with Gasteiger partial charge in [0.15, 0.2) is 17.6 Å². The number of esters is 2. The van der Waals surface area contributed by atoms with E-state index in [-0.39, 0.29) is 36.9 Å². The van der Waals surface area contributed by atoms with Crippen LogP contribution in [0.2, 0.25) is 0 Å². The molecule has 2 aromatic carbocycles. The van der Waals surface area contributed by atoms with Crippen LogP contribution in [0.5, 0.6) is 11.5 Å². The quantitative estimate of drug-likeness (QED) is 0.502. The summed E-state index contributed by atoms with van der Waals surface area (Å²) in [7, 11) is 2.01. The Morgan fingerprint density at radius 3 is 2.78 bits per heavy atom. The van der Waals surface area contributed by atoms with Gasteiger partial charge >= 0.3 is 11.9 Å². The van der Waals surface area contributed by atoms with Gasteiger partial charge in [-0.1, -0.05) is 36.4 Å². The second kappa shape index (κ2) is 8.58. The molecule has 9 heteroatoms. The van der Waals surface area contributed by atoms with Crippen LogP contribution in [0.25, 0.3) is 0 Å². The van der Waals surface area contributed by atoms with Crippen LogP contribution in [0, 0.1) is 0 Å². The summed E-state index contributed by atoms with van der Waals surface area (Å²) in [5, 5.41) is 22.9. The van der Waals surface area contributed by atoms with Crippen molar-refractivity contribution in [3.63, 3.8) is 0 Å². The zero-order chi connectivity index (χ0) is 25.9. The Balaban J connectivity index is 1.38. The van der Waals surface area contributed by atoms with Crippen molar-refractivity contribution in [1.29, 1.82) is 0 Å². The number of piperidine rings is 1. The molecule has 2 aromatic rings. The van der Waals surface area contributed by atoms with E-state index in [1.165, 1.54) is 0 Å². The highest BCUT2D eigenvalue weighted by Crippen LogP contribution is 2.65. The van der Waals surface area contributed by atoms with Crippen LogP contribution in [-0.2, 0) is 30.9 Å². The first-order chi connectivity index (χ1) is 17.8. The van der Waals surface area contributed by atoms with Gasteiger partial charge < -0.3 is 35.1 Å². The van der Waals surface area contributed by atoms with Crippen LogP contribution in [0.4, 0.5) is 0 Å². The first-order valence-electron chi connectivity index (χ1n) is 12.6. The van der Waals surface area contributed by atoms with Gasteiger partial charge in [0, 0.05) is 30.1 Å². The highest BCUT2D eigenvalue weighted by molar-refractivity contribution is 5.82. The number of nitrogens with two attached hydrogens (primary N) is 1. The Morgan fingerprint density at radius 1 is 1.24 bits per heavy atom. The van der Waals surface area contributed by atoms with Gasteiger partial charge in [-0.3, -0.25) is 4.79 Å². The molecule has 0 unspecified atom stereocenters. The Kier molecular flexibility index (Phi) is 5.56. The lowest BCUT2D eigenvalue weighted by Gasteiger charge is -2.61. The molecule has 1 spiro atoms. The van der Waals surface area contributed by atoms with E-state index in [1.54, 1.807) is 42.5 Å². The summed E-state index contributed by atoms with van der Waals surface area (Å²) in [5.74, 6) is -0.804. The fourth-order valence-electron chi connectivity index (χ4n) is 6.80. The third kappa shape index (κ3) is 3.34. The first-order valence-corrected chi connectivity index (χ1v) is 12.6. The largest absolute Gasteiger partial charge is 0.504 e. The Labute approximate surface area is 214 Å². The minimum Gasteiger partial charge on any atom is -0.504 e. The number of aliphatic hydroxyl groups is 1. The van der Waals surface area contributed by atoms with Crippen molar-refractivity contribution in [2.45, 2.75) is 54.9 Å². The predicted molar refractivity (Wildman–Crippen MR) is 132 cm³/mol. The molecular weight excluding hydrogens is 476 g/mol. The molecule has 9 nitrogen and oxygen atoms in total. The summed E-state index contributed by atoms with van der Waals surface area (Å²) in [6, 6.07) is 12.0. The third-order valence-corrected chi connectivity index (χ3v) is 8.49. The summed E-state index contributed by atoms with van der Waals surface area (Å²) in [6.45, 7) is 0.809. The number of ether oxygens (including phenoxy) is 3. The molecule has 6 rings (SSSR count). The molecule has 2 heterocycles. The van der Waals surface area contributed by atoms with Gasteiger partial charge in [0.2, 0.25) is 6.10 Å². The Morgan fingerprint density at radius 2 is 2.03 bits per heavy atom. The number of benzene rings is 2. The van der Waals surface area contributed by atoms with Crippen LogP contribution < -0.4 is 10.5 Å². The second-order valence-corrected chi connectivity index (χ2v) is 10.3. The summed E-state index contributed by atoms with van der Waals surface area (Å²) < 4.78 is 17.7. The van der Waals surface area contributed by atoms with Crippen LogP contribution >= 0.6 is 0 Å². The number of aromatic hydroxyl groups is 1. The molecule has 0 radical (unpaired) electrons. The van der Waals surface area contributed by atoms with E-state index in [0.29, 0.717) is 30.7 Å². The molecule has 2 aliphatic heterocycles. The summed E-state index contributed by atoms with van der Waals surface area (Å²) >= 11 is 0. The van der Waals surface area contributed by atoms with E-state index in [2.05, 4.69) is 4.90 Å². The third-order valence-electron chi connectivity index (χ3n) is 8.49. The number of likely N-dealkylation sites (tertiary alicyclic amines) is 1. The van der Waals surface area contributed by atoms with E-state index in [9.17, 15) is 19.8 Å². The number of rotatable bonds is 6. The van der Waals surface area contributed by atoms with E-state index in [0.717, 1.165) is 11.1 Å². The topological polar surface area (TPSA) is 132 Å². The zero-order valence-electron chi connectivity index (χ0n) is 20.6. The number of nitrogens with zero attached hydrogens (tertiary/aromatic N) is 1. The van der Waals surface area contributed by atoms with Crippen molar-refractivity contribution >= 4 is 11.9 Å².